The van der Waals surface area contributed by atoms with Gasteiger partial charge in [0.25, 0.3) is 5.91 Å². The summed E-state index contributed by atoms with van der Waals surface area (Å²) in [5.74, 6) is -0.339. The molecule has 0 rings (SSSR count). The van der Waals surface area contributed by atoms with Crippen molar-refractivity contribution in [3.63, 3.8) is 0 Å². The Kier molecular flexibility index (Phi) is 4.54. The highest BCUT2D eigenvalue weighted by molar-refractivity contribution is 5.93. The number of carbonyl (C=O) groups excluding carboxylic acids is 1. The molecular weight excluding hydrogens is 156 g/mol. The van der Waals surface area contributed by atoms with Gasteiger partial charge in [-0.15, -0.1) is 0 Å². The summed E-state index contributed by atoms with van der Waals surface area (Å²) in [5, 5.41) is 10.7. The van der Waals surface area contributed by atoms with Gasteiger partial charge in [0.05, 0.1) is 6.10 Å². The van der Waals surface area contributed by atoms with Crippen molar-refractivity contribution in [2.75, 3.05) is 14.1 Å². The molecule has 0 radical (unpaired) electrons. The van der Waals surface area contributed by atoms with E-state index in [-0.39, 0.29) is 11.5 Å². The van der Waals surface area contributed by atoms with Gasteiger partial charge in [0.15, 0.2) is 0 Å². The average molecular weight is 172 g/mol. The van der Waals surface area contributed by atoms with Gasteiger partial charge < -0.3 is 5.11 Å². The molecule has 0 aromatic carbocycles. The normalized spacial score (nSPS) is 12.8. The molecule has 0 aliphatic rings. The fraction of sp³-hybridized carbons (Fsp3) is 0.625. The fourth-order valence-electron chi connectivity index (χ4n) is 0.673. The summed E-state index contributed by atoms with van der Waals surface area (Å²) in [4.78, 5) is 11.1. The van der Waals surface area contributed by atoms with Crippen molar-refractivity contribution in [2.45, 2.75) is 19.4 Å². The summed E-state index contributed by atoms with van der Waals surface area (Å²) in [7, 11) is 3.40. The van der Waals surface area contributed by atoms with Crippen LogP contribution in [0.25, 0.3) is 0 Å². The van der Waals surface area contributed by atoms with Crippen LogP contribution in [0.5, 0.6) is 0 Å². The molecule has 0 fully saturated rings. The monoisotopic (exact) mass is 172 g/mol. The maximum atomic E-state index is 11.1. The number of rotatable bonds is 4. The van der Waals surface area contributed by atoms with Gasteiger partial charge in [0.1, 0.15) is 0 Å². The molecule has 0 aromatic rings. The van der Waals surface area contributed by atoms with Crippen molar-refractivity contribution < 1.29 is 9.90 Å². The Balaban J connectivity index is 4.02. The lowest BCUT2D eigenvalue weighted by molar-refractivity contribution is -0.122. The van der Waals surface area contributed by atoms with Gasteiger partial charge in [-0.05, 0) is 6.42 Å². The van der Waals surface area contributed by atoms with Gasteiger partial charge in [0.2, 0.25) is 0 Å². The standard InChI is InChI=1S/C8H16N2O2/c1-5-7(11)6(2)8(12)9-10(3)4/h7,11H,2,5H2,1,3-4H3,(H,9,12). The van der Waals surface area contributed by atoms with Crippen molar-refractivity contribution in [2.24, 2.45) is 0 Å². The largest absolute Gasteiger partial charge is 0.388 e. The van der Waals surface area contributed by atoms with E-state index >= 15 is 0 Å². The van der Waals surface area contributed by atoms with E-state index in [9.17, 15) is 9.90 Å². The highest BCUT2D eigenvalue weighted by Crippen LogP contribution is 2.02. The van der Waals surface area contributed by atoms with Gasteiger partial charge in [-0.1, -0.05) is 13.5 Å². The first-order chi connectivity index (χ1) is 5.49. The number of amides is 1. The molecule has 0 aliphatic carbocycles. The van der Waals surface area contributed by atoms with E-state index in [2.05, 4.69) is 12.0 Å². The molecule has 12 heavy (non-hydrogen) atoms. The lowest BCUT2D eigenvalue weighted by Gasteiger charge is -2.15. The molecule has 0 heterocycles. The van der Waals surface area contributed by atoms with Crippen molar-refractivity contribution in [3.05, 3.63) is 12.2 Å². The summed E-state index contributed by atoms with van der Waals surface area (Å²) in [6.07, 6.45) is -0.246. The number of aliphatic hydroxyl groups excluding tert-OH is 1. The predicted octanol–water partition coefficient (Wildman–Crippen LogP) is -0.0937. The fourth-order valence-corrected chi connectivity index (χ4v) is 0.673. The second-order valence-electron chi connectivity index (χ2n) is 2.78. The molecule has 4 heteroatoms. The number of aliphatic hydroxyl groups is 1. The van der Waals surface area contributed by atoms with Crippen molar-refractivity contribution in [3.8, 4) is 0 Å². The Bertz CT molecular complexity index is 178. The first-order valence-electron chi connectivity index (χ1n) is 3.84. The van der Waals surface area contributed by atoms with Crippen LogP contribution in [0, 0.1) is 0 Å². The van der Waals surface area contributed by atoms with Crippen LogP contribution in [0.2, 0.25) is 0 Å². The molecule has 0 aromatic heterocycles. The summed E-state index contributed by atoms with van der Waals surface area (Å²) in [5.41, 5.74) is 2.69. The maximum Gasteiger partial charge on any atom is 0.263 e. The topological polar surface area (TPSA) is 52.6 Å². The highest BCUT2D eigenvalue weighted by Gasteiger charge is 2.14. The SMILES string of the molecule is C=C(C(=O)NN(C)C)C(O)CC. The van der Waals surface area contributed by atoms with E-state index in [1.54, 1.807) is 21.0 Å². The van der Waals surface area contributed by atoms with Crippen molar-refractivity contribution in [1.29, 1.82) is 0 Å². The van der Waals surface area contributed by atoms with Crippen LogP contribution in [0.15, 0.2) is 12.2 Å². The van der Waals surface area contributed by atoms with Crippen LogP contribution < -0.4 is 5.43 Å². The molecular formula is C8H16N2O2. The third-order valence-corrected chi connectivity index (χ3v) is 1.41. The van der Waals surface area contributed by atoms with Crippen molar-refractivity contribution >= 4 is 5.91 Å². The molecule has 1 unspecified atom stereocenters. The zero-order valence-electron chi connectivity index (χ0n) is 7.79. The van der Waals surface area contributed by atoms with Gasteiger partial charge in [0, 0.05) is 19.7 Å². The predicted molar refractivity (Wildman–Crippen MR) is 47.3 cm³/mol. The minimum Gasteiger partial charge on any atom is -0.388 e. The minimum atomic E-state index is -0.745. The van der Waals surface area contributed by atoms with Gasteiger partial charge in [-0.2, -0.15) is 0 Å². The average Bonchev–Trinajstić information content (AvgIpc) is 2.00. The summed E-state index contributed by atoms with van der Waals surface area (Å²) in [6, 6.07) is 0. The van der Waals surface area contributed by atoms with Gasteiger partial charge >= 0.3 is 0 Å². The summed E-state index contributed by atoms with van der Waals surface area (Å²) in [6.45, 7) is 5.28. The van der Waals surface area contributed by atoms with Crippen molar-refractivity contribution in [1.82, 2.24) is 10.4 Å². The molecule has 0 bridgehead atoms. The molecule has 0 saturated carbocycles. The lowest BCUT2D eigenvalue weighted by Crippen LogP contribution is -2.39. The number of hydrazine groups is 1. The Hall–Kier alpha value is -0.870. The minimum absolute atomic E-state index is 0.200. The number of carbonyl (C=O) groups is 1. The number of nitrogens with one attached hydrogen (secondary N) is 1. The van der Waals surface area contributed by atoms with Crippen LogP contribution in [0.3, 0.4) is 0 Å². The second kappa shape index (κ2) is 4.90. The molecule has 0 spiro atoms. The molecule has 70 valence electrons. The van der Waals surface area contributed by atoms with E-state index < -0.39 is 6.10 Å². The maximum absolute atomic E-state index is 11.1. The van der Waals surface area contributed by atoms with Crippen LogP contribution in [0.1, 0.15) is 13.3 Å². The number of nitrogens with zero attached hydrogens (tertiary/aromatic N) is 1. The number of hydrogen-bond acceptors (Lipinski definition) is 3. The Morgan fingerprint density at radius 3 is 2.50 bits per heavy atom. The Morgan fingerprint density at radius 1 is 1.67 bits per heavy atom. The number of hydrogen-bond donors (Lipinski definition) is 2. The molecule has 4 nitrogen and oxygen atoms in total. The third kappa shape index (κ3) is 3.50. The van der Waals surface area contributed by atoms with Crippen LogP contribution in [-0.2, 0) is 4.79 Å². The lowest BCUT2D eigenvalue weighted by atomic mass is 10.1. The van der Waals surface area contributed by atoms with Crippen LogP contribution in [-0.4, -0.2) is 36.2 Å². The van der Waals surface area contributed by atoms with E-state index in [0.717, 1.165) is 0 Å². The van der Waals surface area contributed by atoms with E-state index in [0.29, 0.717) is 6.42 Å². The Labute approximate surface area is 72.8 Å². The first-order valence-corrected chi connectivity index (χ1v) is 3.84. The zero-order chi connectivity index (χ0) is 9.72. The molecule has 0 saturated heterocycles. The first kappa shape index (κ1) is 11.1. The van der Waals surface area contributed by atoms with E-state index in [4.69, 9.17) is 0 Å². The Morgan fingerprint density at radius 2 is 2.17 bits per heavy atom. The quantitative estimate of drug-likeness (QED) is 0.460. The molecule has 0 aliphatic heterocycles. The van der Waals surface area contributed by atoms with Crippen LogP contribution >= 0.6 is 0 Å². The molecule has 1 amide bonds. The van der Waals surface area contributed by atoms with Gasteiger partial charge in [-0.25, -0.2) is 5.01 Å². The van der Waals surface area contributed by atoms with Gasteiger partial charge in [-0.3, -0.25) is 10.2 Å². The zero-order valence-corrected chi connectivity index (χ0v) is 7.79. The second-order valence-corrected chi connectivity index (χ2v) is 2.78. The van der Waals surface area contributed by atoms with E-state index in [1.807, 2.05) is 0 Å². The summed E-state index contributed by atoms with van der Waals surface area (Å²) >= 11 is 0. The molecule has 1 atom stereocenters. The smallest absolute Gasteiger partial charge is 0.263 e. The van der Waals surface area contributed by atoms with Crippen LogP contribution in [0.4, 0.5) is 0 Å². The highest BCUT2D eigenvalue weighted by atomic mass is 16.3. The summed E-state index contributed by atoms with van der Waals surface area (Å²) < 4.78 is 0. The molecule has 2 N–H and O–H groups in total. The third-order valence-electron chi connectivity index (χ3n) is 1.41. The van der Waals surface area contributed by atoms with E-state index in [1.165, 1.54) is 5.01 Å².